The molecule has 772 valence electrons. The minimum atomic E-state index is -2.19. The van der Waals surface area contributed by atoms with Crippen LogP contribution in [0.15, 0.2) is 284 Å². The zero-order chi connectivity index (χ0) is 104. The number of carbonyl (C=O) groups excluding carboxylic acids is 12. The van der Waals surface area contributed by atoms with Gasteiger partial charge in [-0.15, -0.1) is 0 Å². The first-order valence-electron chi connectivity index (χ1n) is 50.0. The number of rotatable bonds is 31. The third-order valence-corrected chi connectivity index (χ3v) is 31.4. The Bertz CT molecular complexity index is 6400. The zero-order valence-corrected chi connectivity index (χ0v) is 83.5. The van der Waals surface area contributed by atoms with Gasteiger partial charge in [-0.2, -0.15) is 0 Å². The van der Waals surface area contributed by atoms with Crippen LogP contribution >= 0.6 is 0 Å². The van der Waals surface area contributed by atoms with Gasteiger partial charge in [0.2, 0.25) is 12.4 Å². The van der Waals surface area contributed by atoms with Gasteiger partial charge in [-0.3, -0.25) is 14.4 Å². The van der Waals surface area contributed by atoms with E-state index in [1.165, 1.54) is 91.0 Å². The molecular formula is C116H119N3O29. The van der Waals surface area contributed by atoms with E-state index < -0.39 is 223 Å². The lowest BCUT2D eigenvalue weighted by Gasteiger charge is -2.71. The van der Waals surface area contributed by atoms with E-state index in [1.807, 2.05) is 0 Å². The van der Waals surface area contributed by atoms with Gasteiger partial charge in [0.25, 0.3) is 0 Å². The molecule has 5 aliphatic carbocycles. The minimum Gasteiger partial charge on any atom is -0.463 e. The number of benzene rings is 9. The standard InChI is InChI=1S/C116H119N3O29/c1-69(120)132-66-83-89(135-70(2)121)94(147-108-95(144-104(128)77-48-30-16-31-49-77)92(142-102(126)75-44-26-14-27-45-75)90(140-100(124)73-40-22-12-23-41-73)84(137-108)67-133-98(122)71-36-18-10-19-37-71)97(146-106(130)80-53-35-34-52-79(80)65-118-119-117)107(136-83)139-88-57-58-113(7)86(112(88,5)6)56-59-115(9)87(113)55-54-81-82-64-111(3,4)60-62-116(82,63-61-114(81,115)8)110(131)148-109-96(145-105(129)78-50-32-17-33-51-78)93(143-103(127)76-46-28-15-29-47-76)91(141-101(125)74-42-24-13-25-43-74)85(138-109)68-134-99(123)72-38-20-11-21-39-72/h10-54,82-97,107-109H,55-68H2,1-9H3/t82-,83+,84+,85+,86-,87+,88-,89+,90+,91+,92-,93-,94-,95+,96+,97+,107-,108-,109-,113-,114+,115+,116-/m0/s1. The maximum Gasteiger partial charge on any atom is 0.338 e. The van der Waals surface area contributed by atoms with Gasteiger partial charge in [0.15, 0.2) is 55.3 Å². The Morgan fingerprint density at radius 1 is 0.351 bits per heavy atom. The van der Waals surface area contributed by atoms with E-state index in [-0.39, 0.29) is 79.4 Å². The van der Waals surface area contributed by atoms with Crippen molar-refractivity contribution in [2.24, 2.45) is 55.4 Å². The van der Waals surface area contributed by atoms with E-state index in [2.05, 4.69) is 64.6 Å². The van der Waals surface area contributed by atoms with Crippen LogP contribution in [0.4, 0.5) is 0 Å². The number of fused-ring (bicyclic) bond motifs is 7. The summed E-state index contributed by atoms with van der Waals surface area (Å²) >= 11 is 0. The van der Waals surface area contributed by atoms with Crippen molar-refractivity contribution in [1.29, 1.82) is 0 Å². The summed E-state index contributed by atoms with van der Waals surface area (Å²) in [5, 5.41) is 3.79. The lowest BCUT2D eigenvalue weighted by atomic mass is 9.33. The molecule has 3 saturated heterocycles. The van der Waals surface area contributed by atoms with Gasteiger partial charge in [0.05, 0.1) is 68.1 Å². The molecule has 0 amide bonds. The van der Waals surface area contributed by atoms with Crippen molar-refractivity contribution < 1.29 is 138 Å². The van der Waals surface area contributed by atoms with E-state index in [1.54, 1.807) is 176 Å². The summed E-state index contributed by atoms with van der Waals surface area (Å²) < 4.78 is 113. The Morgan fingerprint density at radius 2 is 0.716 bits per heavy atom. The van der Waals surface area contributed by atoms with Crippen LogP contribution in [-0.4, -0.2) is 190 Å². The molecule has 4 saturated carbocycles. The van der Waals surface area contributed by atoms with Crippen LogP contribution in [-0.2, 0) is 101 Å². The number of esters is 12. The number of hydrogen-bond donors (Lipinski definition) is 0. The fourth-order valence-corrected chi connectivity index (χ4v) is 23.7. The molecule has 9 aromatic rings. The number of hydrogen-bond acceptors (Lipinski definition) is 30. The van der Waals surface area contributed by atoms with Crippen molar-refractivity contribution in [2.75, 3.05) is 19.8 Å². The van der Waals surface area contributed by atoms with Gasteiger partial charge in [-0.1, -0.05) is 229 Å². The van der Waals surface area contributed by atoms with Crippen LogP contribution < -0.4 is 0 Å². The number of azide groups is 1. The number of ether oxygens (including phenoxy) is 17. The molecule has 8 aliphatic rings. The van der Waals surface area contributed by atoms with Crippen LogP contribution in [0.25, 0.3) is 10.4 Å². The molecular weight excluding hydrogens is 1900 g/mol. The van der Waals surface area contributed by atoms with Gasteiger partial charge in [0.1, 0.15) is 44.2 Å². The molecule has 32 heteroatoms. The first-order chi connectivity index (χ1) is 71.2. The third-order valence-electron chi connectivity index (χ3n) is 31.4. The molecule has 9 aromatic carbocycles. The maximum atomic E-state index is 16.8. The Kier molecular flexibility index (Phi) is 31.9. The molecule has 23 atom stereocenters. The second-order valence-electron chi connectivity index (χ2n) is 41.1. The van der Waals surface area contributed by atoms with Gasteiger partial charge in [-0.25, -0.2) is 43.2 Å². The first-order valence-corrected chi connectivity index (χ1v) is 50.0. The van der Waals surface area contributed by atoms with Crippen LogP contribution in [0.2, 0.25) is 0 Å². The SMILES string of the molecule is CC(=O)OC[C@H]1O[C@@H](O[C@H]2CC[C@]3(C)[C@H]4CC=C5[C@@H]6CC(C)(C)CC[C@]6(C(=O)O[C@@H]6O[C@H](COC(=O)c7ccccc7)[C@@H](OC(=O)c7ccccc7)[C@H](OC(=O)c7ccccc7)[C@H]6OC(=O)c6ccccc6)CC[C@@]5(C)[C@]4(C)CC[C@H]3C2(C)C)[C@H](OC(=O)c2ccccc2CN=[N+]=[N-])[C@@H](O[C@@H]2O[C@H](COC(=O)c3ccccc3)[C@@H](OC(=O)c3ccccc3)[C@H](OC(=O)c3ccccc3)[C@H]2OC(=O)c2ccccc2)[C@@H]1OC(C)=O. The maximum absolute atomic E-state index is 16.8. The van der Waals surface area contributed by atoms with Crippen LogP contribution in [0, 0.1) is 50.2 Å². The van der Waals surface area contributed by atoms with Crippen molar-refractivity contribution in [3.63, 3.8) is 0 Å². The topological polar surface area (TPSA) is 411 Å². The van der Waals surface area contributed by atoms with Crippen LogP contribution in [0.3, 0.4) is 0 Å². The van der Waals surface area contributed by atoms with Crippen LogP contribution in [0.1, 0.15) is 225 Å². The van der Waals surface area contributed by atoms with Gasteiger partial charge in [-0.05, 0) is 223 Å². The normalized spacial score (nSPS) is 29.4. The Hall–Kier alpha value is -14.5. The highest BCUT2D eigenvalue weighted by atomic mass is 16.8. The quantitative estimate of drug-likeness (QED) is 0.00740. The molecule has 0 aromatic heterocycles. The summed E-state index contributed by atoms with van der Waals surface area (Å²) in [7, 11) is 0. The minimum absolute atomic E-state index is 0.000803. The van der Waals surface area contributed by atoms with Crippen molar-refractivity contribution in [2.45, 2.75) is 231 Å². The van der Waals surface area contributed by atoms with Crippen molar-refractivity contribution >= 4 is 71.6 Å². The molecule has 0 N–H and O–H groups in total. The molecule has 32 nitrogen and oxygen atoms in total. The molecule has 0 spiro atoms. The van der Waals surface area contributed by atoms with E-state index in [9.17, 15) is 43.9 Å². The van der Waals surface area contributed by atoms with Crippen LogP contribution in [0.5, 0.6) is 0 Å². The zero-order valence-electron chi connectivity index (χ0n) is 83.5. The highest BCUT2D eigenvalue weighted by molar-refractivity contribution is 5.95. The summed E-state index contributed by atoms with van der Waals surface area (Å²) in [6.45, 7) is 15.3. The molecule has 3 aliphatic heterocycles. The van der Waals surface area contributed by atoms with E-state index in [4.69, 9.17) is 80.5 Å². The molecule has 17 rings (SSSR count). The predicted molar refractivity (Wildman–Crippen MR) is 529 cm³/mol. The summed E-state index contributed by atoms with van der Waals surface area (Å²) in [6, 6.07) is 69.2. The average molecular weight is 2020 g/mol. The molecule has 0 bridgehead atoms. The fourth-order valence-electron chi connectivity index (χ4n) is 23.7. The summed E-state index contributed by atoms with van der Waals surface area (Å²) in [6.07, 6.45) is -21.7. The van der Waals surface area contributed by atoms with Gasteiger partial charge < -0.3 is 80.5 Å². The lowest BCUT2D eigenvalue weighted by molar-refractivity contribution is -0.368. The monoisotopic (exact) mass is 2020 g/mol. The second-order valence-corrected chi connectivity index (χ2v) is 41.1. The Labute approximate surface area is 856 Å². The van der Waals surface area contributed by atoms with E-state index in [0.717, 1.165) is 19.4 Å². The van der Waals surface area contributed by atoms with Crippen molar-refractivity contribution in [1.82, 2.24) is 0 Å². The first kappa shape index (κ1) is 105. The molecule has 0 unspecified atom stereocenters. The highest BCUT2D eigenvalue weighted by Crippen LogP contribution is 2.76. The Balaban J connectivity index is 0.723. The Morgan fingerprint density at radius 3 is 1.15 bits per heavy atom. The summed E-state index contributed by atoms with van der Waals surface area (Å²) in [5.74, 6) is -11.8. The lowest BCUT2D eigenvalue weighted by Crippen LogP contribution is -2.68. The summed E-state index contributed by atoms with van der Waals surface area (Å²) in [4.78, 5) is 181. The second kappa shape index (κ2) is 45.0. The molecule has 0 radical (unpaired) electrons. The smallest absolute Gasteiger partial charge is 0.338 e. The fraction of sp³-hybridized carbons (Fsp3) is 0.414. The number of nitrogens with zero attached hydrogens (tertiary/aromatic N) is 3. The third kappa shape index (κ3) is 22.3. The largest absolute Gasteiger partial charge is 0.463 e. The number of carbonyl (C=O) groups is 12. The van der Waals surface area contributed by atoms with Gasteiger partial charge >= 0.3 is 71.6 Å². The van der Waals surface area contributed by atoms with E-state index in [0.29, 0.717) is 64.2 Å². The highest BCUT2D eigenvalue weighted by Gasteiger charge is 2.71. The predicted octanol–water partition coefficient (Wildman–Crippen LogP) is 18.9. The molecule has 148 heavy (non-hydrogen) atoms. The van der Waals surface area contributed by atoms with Gasteiger partial charge in [0, 0.05) is 18.8 Å². The molecule has 7 fully saturated rings. The van der Waals surface area contributed by atoms with Crippen molar-refractivity contribution in [3.05, 3.63) is 345 Å². The molecule has 3 heterocycles. The number of allylic oxidation sites excluding steroid dienone is 2. The van der Waals surface area contributed by atoms with E-state index >= 15 is 19.2 Å². The summed E-state index contributed by atoms with van der Waals surface area (Å²) in [5.41, 5.74) is 7.21. The van der Waals surface area contributed by atoms with Crippen molar-refractivity contribution in [3.8, 4) is 0 Å². The average Bonchev–Trinajstić information content (AvgIpc) is 0.672.